The third kappa shape index (κ3) is 4.42. The first-order valence-electron chi connectivity index (χ1n) is 4.08. The zero-order valence-corrected chi connectivity index (χ0v) is 8.26. The van der Waals surface area contributed by atoms with Crippen LogP contribution >= 0.6 is 0 Å². The van der Waals surface area contributed by atoms with E-state index in [0.29, 0.717) is 0 Å². The molecule has 0 aromatic heterocycles. The summed E-state index contributed by atoms with van der Waals surface area (Å²) in [5.41, 5.74) is 4.14. The van der Waals surface area contributed by atoms with Crippen molar-refractivity contribution in [2.24, 2.45) is 5.73 Å². The third-order valence-electron chi connectivity index (χ3n) is 1.67. The van der Waals surface area contributed by atoms with E-state index in [1.165, 1.54) is 0 Å². The van der Waals surface area contributed by atoms with Gasteiger partial charge in [0.15, 0.2) is 0 Å². The molecule has 0 fully saturated rings. The molecule has 2 amide bonds. The predicted octanol–water partition coefficient (Wildman–Crippen LogP) is -1.52. The van der Waals surface area contributed by atoms with Crippen LogP contribution in [0.1, 0.15) is 13.8 Å². The number of primary amides is 1. The lowest BCUT2D eigenvalue weighted by Gasteiger charge is -2.21. The van der Waals surface area contributed by atoms with Gasteiger partial charge in [0.25, 0.3) is 0 Å². The van der Waals surface area contributed by atoms with E-state index in [1.54, 1.807) is 19.9 Å². The average Bonchev–Trinajstić information content (AvgIpc) is 2.11. The number of nitrogens with two attached hydrogens (primary N) is 1. The highest BCUT2D eigenvalue weighted by molar-refractivity contribution is 5.85. The van der Waals surface area contributed by atoms with Gasteiger partial charge in [0, 0.05) is 0 Å². The van der Waals surface area contributed by atoms with Gasteiger partial charge in [-0.1, -0.05) is 0 Å². The van der Waals surface area contributed by atoms with Crippen molar-refractivity contribution in [3.05, 3.63) is 0 Å². The van der Waals surface area contributed by atoms with Crippen LogP contribution in [0.3, 0.4) is 0 Å². The summed E-state index contributed by atoms with van der Waals surface area (Å²) in [4.78, 5) is 21.8. The number of rotatable bonds is 5. The van der Waals surface area contributed by atoms with Crippen molar-refractivity contribution in [1.29, 1.82) is 5.26 Å². The maximum Gasteiger partial charge on any atom is 0.237 e. The Hall–Kier alpha value is -1.61. The highest BCUT2D eigenvalue weighted by Gasteiger charge is 2.24. The number of nitrogens with one attached hydrogen (secondary N) is 2. The molecule has 0 spiro atoms. The lowest BCUT2D eigenvalue weighted by atomic mass is 10.1. The summed E-state index contributed by atoms with van der Waals surface area (Å²) < 4.78 is 0. The molecule has 6 heteroatoms. The molecule has 4 N–H and O–H groups in total. The predicted molar refractivity (Wildman–Crippen MR) is 49.9 cm³/mol. The summed E-state index contributed by atoms with van der Waals surface area (Å²) in [6.45, 7) is 3.06. The topological polar surface area (TPSA) is 108 Å². The molecule has 0 saturated carbocycles. The van der Waals surface area contributed by atoms with Crippen LogP contribution in [0.4, 0.5) is 0 Å². The molecule has 14 heavy (non-hydrogen) atoms. The van der Waals surface area contributed by atoms with Gasteiger partial charge in [0.05, 0.1) is 18.2 Å². The molecule has 0 saturated heterocycles. The molecule has 6 nitrogen and oxygen atoms in total. The van der Waals surface area contributed by atoms with E-state index in [9.17, 15) is 9.59 Å². The van der Waals surface area contributed by atoms with Gasteiger partial charge in [-0.15, -0.1) is 0 Å². The Morgan fingerprint density at radius 2 is 2.07 bits per heavy atom. The van der Waals surface area contributed by atoms with Crippen molar-refractivity contribution in [2.45, 2.75) is 19.4 Å². The van der Waals surface area contributed by atoms with Crippen LogP contribution in [0.5, 0.6) is 0 Å². The van der Waals surface area contributed by atoms with Crippen LogP contribution in [-0.2, 0) is 9.59 Å². The van der Waals surface area contributed by atoms with E-state index in [-0.39, 0.29) is 19.0 Å². The molecule has 0 radical (unpaired) electrons. The highest BCUT2D eigenvalue weighted by atomic mass is 16.2. The molecular formula is C8H14N4O2. The fourth-order valence-electron chi connectivity index (χ4n) is 0.589. The second-order valence-corrected chi connectivity index (χ2v) is 3.28. The first kappa shape index (κ1) is 12.4. The molecule has 0 aromatic carbocycles. The maximum absolute atomic E-state index is 11.0. The number of hydrogen-bond acceptors (Lipinski definition) is 4. The Labute approximate surface area is 82.4 Å². The van der Waals surface area contributed by atoms with Gasteiger partial charge in [0.2, 0.25) is 11.8 Å². The molecular weight excluding hydrogens is 184 g/mol. The lowest BCUT2D eigenvalue weighted by Crippen LogP contribution is -2.53. The van der Waals surface area contributed by atoms with Gasteiger partial charge in [-0.2, -0.15) is 5.26 Å². The van der Waals surface area contributed by atoms with Gasteiger partial charge in [-0.25, -0.2) is 0 Å². The summed E-state index contributed by atoms with van der Waals surface area (Å²) in [7, 11) is 0. The van der Waals surface area contributed by atoms with Gasteiger partial charge in [0.1, 0.15) is 6.54 Å². The highest BCUT2D eigenvalue weighted by Crippen LogP contribution is 1.98. The zero-order chi connectivity index (χ0) is 11.2. The Bertz CT molecular complexity index is 267. The minimum atomic E-state index is -0.927. The molecule has 0 bridgehead atoms. The van der Waals surface area contributed by atoms with Crippen LogP contribution in [0.2, 0.25) is 0 Å². The summed E-state index contributed by atoms with van der Waals surface area (Å²) in [6, 6.07) is 1.77. The first-order valence-corrected chi connectivity index (χ1v) is 4.08. The lowest BCUT2D eigenvalue weighted by molar-refractivity contribution is -0.124. The fourth-order valence-corrected chi connectivity index (χ4v) is 0.589. The normalized spacial score (nSPS) is 10.4. The van der Waals surface area contributed by atoms with Crippen molar-refractivity contribution in [1.82, 2.24) is 10.6 Å². The summed E-state index contributed by atoms with van der Waals surface area (Å²) in [5, 5.41) is 13.2. The van der Waals surface area contributed by atoms with Crippen LogP contribution < -0.4 is 16.4 Å². The van der Waals surface area contributed by atoms with Crippen LogP contribution in [0.15, 0.2) is 0 Å². The maximum atomic E-state index is 11.0. The van der Waals surface area contributed by atoms with Gasteiger partial charge in [-0.3, -0.25) is 14.9 Å². The molecule has 0 aromatic rings. The van der Waals surface area contributed by atoms with Gasteiger partial charge >= 0.3 is 0 Å². The number of carbonyl (C=O) groups is 2. The second kappa shape index (κ2) is 5.19. The van der Waals surface area contributed by atoms with Crippen molar-refractivity contribution < 1.29 is 9.59 Å². The van der Waals surface area contributed by atoms with E-state index in [2.05, 4.69) is 10.6 Å². The van der Waals surface area contributed by atoms with Crippen molar-refractivity contribution in [3.8, 4) is 6.07 Å². The van der Waals surface area contributed by atoms with E-state index >= 15 is 0 Å². The average molecular weight is 198 g/mol. The number of hydrogen-bond donors (Lipinski definition) is 3. The molecule has 0 heterocycles. The molecule has 0 atom stereocenters. The smallest absolute Gasteiger partial charge is 0.237 e. The first-order chi connectivity index (χ1) is 6.40. The van der Waals surface area contributed by atoms with Crippen molar-refractivity contribution in [2.75, 3.05) is 13.1 Å². The van der Waals surface area contributed by atoms with E-state index in [1.807, 2.05) is 0 Å². The largest absolute Gasteiger partial charge is 0.368 e. The Kier molecular flexibility index (Phi) is 4.59. The number of nitriles is 1. The zero-order valence-electron chi connectivity index (χ0n) is 8.26. The second-order valence-electron chi connectivity index (χ2n) is 3.28. The summed E-state index contributed by atoms with van der Waals surface area (Å²) in [5.74, 6) is -0.883. The third-order valence-corrected chi connectivity index (χ3v) is 1.67. The summed E-state index contributed by atoms with van der Waals surface area (Å²) in [6.07, 6.45) is 0. The van der Waals surface area contributed by atoms with Crippen LogP contribution in [-0.4, -0.2) is 30.4 Å². The molecule has 0 aliphatic carbocycles. The fraction of sp³-hybridized carbons (Fsp3) is 0.625. The number of amides is 2. The SMILES string of the molecule is CC(C)(NCC(=O)NCC#N)C(N)=O. The molecule has 0 aliphatic heterocycles. The van der Waals surface area contributed by atoms with Crippen LogP contribution in [0, 0.1) is 11.3 Å². The molecule has 0 rings (SSSR count). The number of nitrogens with zero attached hydrogens (tertiary/aromatic N) is 1. The standard InChI is InChI=1S/C8H14N4O2/c1-8(2,7(10)14)12-5-6(13)11-4-3-9/h12H,4-5H2,1-2H3,(H2,10,14)(H,11,13). The Morgan fingerprint density at radius 1 is 1.50 bits per heavy atom. The number of carbonyl (C=O) groups excluding carboxylic acids is 2. The Morgan fingerprint density at radius 3 is 2.50 bits per heavy atom. The van der Waals surface area contributed by atoms with E-state index in [0.717, 1.165) is 0 Å². The Balaban J connectivity index is 3.89. The molecule has 0 unspecified atom stereocenters. The van der Waals surface area contributed by atoms with E-state index in [4.69, 9.17) is 11.0 Å². The van der Waals surface area contributed by atoms with Gasteiger partial charge in [-0.05, 0) is 13.8 Å². The van der Waals surface area contributed by atoms with Crippen molar-refractivity contribution >= 4 is 11.8 Å². The van der Waals surface area contributed by atoms with Crippen molar-refractivity contribution in [3.63, 3.8) is 0 Å². The quantitative estimate of drug-likeness (QED) is 0.466. The van der Waals surface area contributed by atoms with E-state index < -0.39 is 11.4 Å². The van der Waals surface area contributed by atoms with Crippen LogP contribution in [0.25, 0.3) is 0 Å². The minimum Gasteiger partial charge on any atom is -0.368 e. The minimum absolute atomic E-state index is 0.0440. The van der Waals surface area contributed by atoms with Gasteiger partial charge < -0.3 is 11.1 Å². The molecule has 0 aliphatic rings. The molecule has 78 valence electrons. The monoisotopic (exact) mass is 198 g/mol. The summed E-state index contributed by atoms with van der Waals surface area (Å²) >= 11 is 0.